The number of hydrogen-bond acceptors (Lipinski definition) is 5. The minimum absolute atomic E-state index is 0.132. The summed E-state index contributed by atoms with van der Waals surface area (Å²) >= 11 is 0. The summed E-state index contributed by atoms with van der Waals surface area (Å²) in [7, 11) is -2.97. The SMILES string of the molecule is CC(Cc1nccc(-n2ccc3c(OCCCS(C)(=O)=O)cccc32)n1)C1CCCCC1. The van der Waals surface area contributed by atoms with Crippen molar-refractivity contribution in [1.82, 2.24) is 14.5 Å². The quantitative estimate of drug-likeness (QED) is 0.425. The van der Waals surface area contributed by atoms with Crippen LogP contribution in [-0.2, 0) is 16.3 Å². The molecule has 172 valence electrons. The first-order valence-corrected chi connectivity index (χ1v) is 13.7. The molecule has 3 aromatic rings. The molecule has 4 rings (SSSR count). The molecule has 1 unspecified atom stereocenters. The molecule has 32 heavy (non-hydrogen) atoms. The topological polar surface area (TPSA) is 74.1 Å². The zero-order chi connectivity index (χ0) is 22.6. The smallest absolute Gasteiger partial charge is 0.147 e. The van der Waals surface area contributed by atoms with Crippen LogP contribution in [0.15, 0.2) is 42.7 Å². The molecule has 0 radical (unpaired) electrons. The highest BCUT2D eigenvalue weighted by Crippen LogP contribution is 2.32. The number of rotatable bonds is 9. The van der Waals surface area contributed by atoms with E-state index in [1.165, 1.54) is 38.4 Å². The Balaban J connectivity index is 1.49. The van der Waals surface area contributed by atoms with Gasteiger partial charge in [0.1, 0.15) is 27.2 Å². The average molecular weight is 456 g/mol. The van der Waals surface area contributed by atoms with E-state index in [-0.39, 0.29) is 5.75 Å². The molecule has 0 amide bonds. The van der Waals surface area contributed by atoms with Crippen LogP contribution in [0.4, 0.5) is 0 Å². The number of hydrogen-bond donors (Lipinski definition) is 0. The van der Waals surface area contributed by atoms with Gasteiger partial charge >= 0.3 is 0 Å². The predicted molar refractivity (Wildman–Crippen MR) is 128 cm³/mol. The molecule has 2 heterocycles. The molecule has 0 N–H and O–H groups in total. The van der Waals surface area contributed by atoms with E-state index in [4.69, 9.17) is 9.72 Å². The Bertz CT molecular complexity index is 1150. The number of nitrogens with zero attached hydrogens (tertiary/aromatic N) is 3. The summed E-state index contributed by atoms with van der Waals surface area (Å²) in [4.78, 5) is 9.43. The van der Waals surface area contributed by atoms with Crippen molar-refractivity contribution >= 4 is 20.7 Å². The Morgan fingerprint density at radius 3 is 2.75 bits per heavy atom. The molecule has 0 saturated heterocycles. The summed E-state index contributed by atoms with van der Waals surface area (Å²) in [5.41, 5.74) is 1.01. The molecule has 0 bridgehead atoms. The van der Waals surface area contributed by atoms with E-state index in [1.807, 2.05) is 42.7 Å². The molecular weight excluding hydrogens is 422 g/mol. The first-order chi connectivity index (χ1) is 15.4. The fourth-order valence-electron chi connectivity index (χ4n) is 4.75. The molecular formula is C25H33N3O3S. The van der Waals surface area contributed by atoms with Gasteiger partial charge in [-0.25, -0.2) is 18.4 Å². The first-order valence-electron chi connectivity index (χ1n) is 11.6. The lowest BCUT2D eigenvalue weighted by atomic mass is 9.79. The van der Waals surface area contributed by atoms with E-state index in [1.54, 1.807) is 0 Å². The van der Waals surface area contributed by atoms with Crippen molar-refractivity contribution < 1.29 is 13.2 Å². The van der Waals surface area contributed by atoms with Crippen LogP contribution >= 0.6 is 0 Å². The van der Waals surface area contributed by atoms with Crippen molar-refractivity contribution in [1.29, 1.82) is 0 Å². The predicted octanol–water partition coefficient (Wildman–Crippen LogP) is 4.99. The summed E-state index contributed by atoms with van der Waals surface area (Å²) < 4.78 is 30.6. The highest BCUT2D eigenvalue weighted by atomic mass is 32.2. The Morgan fingerprint density at radius 2 is 1.97 bits per heavy atom. The summed E-state index contributed by atoms with van der Waals surface area (Å²) in [5, 5.41) is 0.989. The lowest BCUT2D eigenvalue weighted by molar-refractivity contribution is 0.259. The first kappa shape index (κ1) is 22.8. The Morgan fingerprint density at radius 1 is 1.16 bits per heavy atom. The maximum absolute atomic E-state index is 11.3. The summed E-state index contributed by atoms with van der Waals surface area (Å²) in [6.45, 7) is 2.71. The minimum Gasteiger partial charge on any atom is -0.493 e. The maximum Gasteiger partial charge on any atom is 0.147 e. The van der Waals surface area contributed by atoms with E-state index < -0.39 is 9.84 Å². The highest BCUT2D eigenvalue weighted by Gasteiger charge is 2.21. The zero-order valence-electron chi connectivity index (χ0n) is 19.0. The third-order valence-corrected chi connectivity index (χ3v) is 7.54. The van der Waals surface area contributed by atoms with Crippen LogP contribution in [0, 0.1) is 11.8 Å². The second kappa shape index (κ2) is 10.0. The molecule has 0 aliphatic heterocycles. The van der Waals surface area contributed by atoms with Gasteiger partial charge in [-0.05, 0) is 42.5 Å². The minimum atomic E-state index is -2.97. The molecule has 1 aliphatic rings. The van der Waals surface area contributed by atoms with Crippen LogP contribution in [0.2, 0.25) is 0 Å². The van der Waals surface area contributed by atoms with Gasteiger partial charge in [0.25, 0.3) is 0 Å². The number of sulfone groups is 1. The standard InChI is InChI=1S/C25H33N3O3S/c1-19(20-8-4-3-5-9-20)18-24-26-14-12-25(27-24)28-15-13-21-22(28)10-6-11-23(21)31-16-7-17-32(2,29)30/h6,10-15,19-20H,3-5,7-9,16-18H2,1-2H3. The van der Waals surface area contributed by atoms with Crippen LogP contribution in [-0.4, -0.2) is 41.6 Å². The fourth-order valence-corrected chi connectivity index (χ4v) is 5.39. The molecule has 1 saturated carbocycles. The van der Waals surface area contributed by atoms with Crippen LogP contribution in [0.25, 0.3) is 16.7 Å². The molecule has 1 fully saturated rings. The molecule has 6 nitrogen and oxygen atoms in total. The van der Waals surface area contributed by atoms with E-state index >= 15 is 0 Å². The Labute approximate surface area is 191 Å². The van der Waals surface area contributed by atoms with Crippen LogP contribution in [0.3, 0.4) is 0 Å². The van der Waals surface area contributed by atoms with E-state index in [0.717, 1.165) is 40.6 Å². The highest BCUT2D eigenvalue weighted by molar-refractivity contribution is 7.90. The van der Waals surface area contributed by atoms with Gasteiger partial charge in [-0.2, -0.15) is 0 Å². The molecule has 1 atom stereocenters. The van der Waals surface area contributed by atoms with Crippen LogP contribution in [0.1, 0.15) is 51.3 Å². The Hall–Kier alpha value is -2.41. The number of fused-ring (bicyclic) bond motifs is 1. The molecule has 1 aromatic carbocycles. The van der Waals surface area contributed by atoms with Crippen molar-refractivity contribution in [3.8, 4) is 11.6 Å². The summed E-state index contributed by atoms with van der Waals surface area (Å²) in [5.74, 6) is 4.03. The lowest BCUT2D eigenvalue weighted by Crippen LogP contribution is -2.18. The van der Waals surface area contributed by atoms with Crippen molar-refractivity contribution in [2.24, 2.45) is 11.8 Å². The van der Waals surface area contributed by atoms with Gasteiger partial charge in [0, 0.05) is 30.5 Å². The molecule has 0 spiro atoms. The van der Waals surface area contributed by atoms with E-state index in [2.05, 4.69) is 16.5 Å². The Kier molecular flexibility index (Phi) is 7.13. The summed E-state index contributed by atoms with van der Waals surface area (Å²) in [6.07, 6.45) is 13.2. The third-order valence-electron chi connectivity index (χ3n) is 6.51. The van der Waals surface area contributed by atoms with E-state index in [9.17, 15) is 8.42 Å². The second-order valence-corrected chi connectivity index (χ2v) is 11.4. The van der Waals surface area contributed by atoms with Gasteiger partial charge in [-0.3, -0.25) is 0 Å². The van der Waals surface area contributed by atoms with Crippen molar-refractivity contribution in [3.05, 3.63) is 48.5 Å². The van der Waals surface area contributed by atoms with Crippen LogP contribution < -0.4 is 4.74 Å². The normalized spacial score (nSPS) is 16.3. The number of benzene rings is 1. The molecule has 7 heteroatoms. The summed E-state index contributed by atoms with van der Waals surface area (Å²) in [6, 6.07) is 9.88. The van der Waals surface area contributed by atoms with Crippen molar-refractivity contribution in [2.45, 2.75) is 51.9 Å². The van der Waals surface area contributed by atoms with Gasteiger partial charge in [0.15, 0.2) is 0 Å². The van der Waals surface area contributed by atoms with Crippen molar-refractivity contribution in [3.63, 3.8) is 0 Å². The maximum atomic E-state index is 11.3. The van der Waals surface area contributed by atoms with Gasteiger partial charge in [0.2, 0.25) is 0 Å². The number of aromatic nitrogens is 3. The van der Waals surface area contributed by atoms with Crippen LogP contribution in [0.5, 0.6) is 5.75 Å². The number of ether oxygens (including phenoxy) is 1. The van der Waals surface area contributed by atoms with Gasteiger partial charge in [0.05, 0.1) is 17.9 Å². The van der Waals surface area contributed by atoms with Gasteiger partial charge < -0.3 is 9.30 Å². The lowest BCUT2D eigenvalue weighted by Gasteiger charge is -2.27. The third kappa shape index (κ3) is 5.68. The van der Waals surface area contributed by atoms with Gasteiger partial charge in [-0.15, -0.1) is 0 Å². The fraction of sp³-hybridized carbons (Fsp3) is 0.520. The van der Waals surface area contributed by atoms with Crippen molar-refractivity contribution in [2.75, 3.05) is 18.6 Å². The molecule has 2 aromatic heterocycles. The van der Waals surface area contributed by atoms with E-state index in [0.29, 0.717) is 18.9 Å². The monoisotopic (exact) mass is 455 g/mol. The average Bonchev–Trinajstić information content (AvgIpc) is 3.22. The second-order valence-electron chi connectivity index (χ2n) is 9.12. The van der Waals surface area contributed by atoms with Gasteiger partial charge in [-0.1, -0.05) is 45.1 Å². The zero-order valence-corrected chi connectivity index (χ0v) is 19.9. The molecule has 1 aliphatic carbocycles. The largest absolute Gasteiger partial charge is 0.493 e.